The van der Waals surface area contributed by atoms with Crippen LogP contribution in [0, 0.1) is 5.92 Å². The highest BCUT2D eigenvalue weighted by atomic mass is 19.4. The zero-order valence-electron chi connectivity index (χ0n) is 6.69. The Hall–Kier alpha value is -0.250. The number of hydrogen-bond donors (Lipinski definition) is 1. The molecule has 0 radical (unpaired) electrons. The van der Waals surface area contributed by atoms with Gasteiger partial charge in [-0.15, -0.1) is 0 Å². The molecule has 2 heterocycles. The van der Waals surface area contributed by atoms with Crippen molar-refractivity contribution < 1.29 is 13.2 Å². The molecule has 0 aromatic carbocycles. The maximum absolute atomic E-state index is 12.3. The summed E-state index contributed by atoms with van der Waals surface area (Å²) in [6, 6.07) is 0.269. The highest BCUT2D eigenvalue weighted by molar-refractivity contribution is 4.93. The molecule has 2 saturated heterocycles. The minimum atomic E-state index is -3.97. The molecule has 4 heteroatoms. The standard InChI is InChI=1S/C8H12F3N/c9-8(10,11)5-3-6-1-2-7(4-5)12-6/h5-7,12H,1-4H2/t5?,6-,7+. The normalized spacial score (nSPS) is 41.8. The summed E-state index contributed by atoms with van der Waals surface area (Å²) in [6.45, 7) is 0. The van der Waals surface area contributed by atoms with Crippen molar-refractivity contribution in [2.75, 3.05) is 0 Å². The number of fused-ring (bicyclic) bond motifs is 2. The van der Waals surface area contributed by atoms with E-state index >= 15 is 0 Å². The van der Waals surface area contributed by atoms with Crippen LogP contribution in [0.5, 0.6) is 0 Å². The Morgan fingerprint density at radius 3 is 1.92 bits per heavy atom. The van der Waals surface area contributed by atoms with Crippen molar-refractivity contribution in [3.8, 4) is 0 Å². The highest BCUT2D eigenvalue weighted by Gasteiger charge is 2.46. The average Bonchev–Trinajstić information content (AvgIpc) is 2.28. The lowest BCUT2D eigenvalue weighted by Crippen LogP contribution is -2.42. The first-order valence-electron chi connectivity index (χ1n) is 4.38. The van der Waals surface area contributed by atoms with Gasteiger partial charge in [0, 0.05) is 12.1 Å². The smallest absolute Gasteiger partial charge is 0.311 e. The number of alkyl halides is 3. The molecule has 0 spiro atoms. The van der Waals surface area contributed by atoms with Crippen LogP contribution in [-0.2, 0) is 0 Å². The van der Waals surface area contributed by atoms with Gasteiger partial charge in [0.2, 0.25) is 0 Å². The highest BCUT2D eigenvalue weighted by Crippen LogP contribution is 2.40. The van der Waals surface area contributed by atoms with Gasteiger partial charge < -0.3 is 5.32 Å². The molecule has 1 N–H and O–H groups in total. The lowest BCUT2D eigenvalue weighted by Gasteiger charge is -2.30. The Morgan fingerprint density at radius 1 is 1.00 bits per heavy atom. The van der Waals surface area contributed by atoms with E-state index in [1.54, 1.807) is 0 Å². The Labute approximate surface area is 69.3 Å². The summed E-state index contributed by atoms with van der Waals surface area (Å²) in [7, 11) is 0. The molecule has 12 heavy (non-hydrogen) atoms. The Balaban J connectivity index is 2.03. The van der Waals surface area contributed by atoms with Crippen LogP contribution in [0.15, 0.2) is 0 Å². The monoisotopic (exact) mass is 179 g/mol. The van der Waals surface area contributed by atoms with Gasteiger partial charge in [-0.1, -0.05) is 0 Å². The lowest BCUT2D eigenvalue weighted by atomic mass is 9.92. The number of rotatable bonds is 0. The van der Waals surface area contributed by atoms with Crippen LogP contribution in [0.25, 0.3) is 0 Å². The molecule has 2 rings (SSSR count). The fraction of sp³-hybridized carbons (Fsp3) is 1.00. The predicted octanol–water partition coefficient (Wildman–Crippen LogP) is 2.08. The summed E-state index contributed by atoms with van der Waals surface area (Å²) in [5.41, 5.74) is 0. The molecule has 2 aliphatic rings. The quantitative estimate of drug-likeness (QED) is 0.600. The third-order valence-electron chi connectivity index (χ3n) is 2.94. The Bertz CT molecular complexity index is 166. The lowest BCUT2D eigenvalue weighted by molar-refractivity contribution is -0.183. The molecule has 0 amide bonds. The summed E-state index contributed by atoms with van der Waals surface area (Å²) in [5, 5.41) is 3.19. The summed E-state index contributed by atoms with van der Waals surface area (Å²) in [4.78, 5) is 0. The first-order chi connectivity index (χ1) is 5.55. The summed E-state index contributed by atoms with van der Waals surface area (Å²) >= 11 is 0. The van der Waals surface area contributed by atoms with Crippen molar-refractivity contribution in [1.29, 1.82) is 0 Å². The van der Waals surface area contributed by atoms with Crippen molar-refractivity contribution >= 4 is 0 Å². The molecule has 1 nitrogen and oxygen atoms in total. The van der Waals surface area contributed by atoms with Crippen LogP contribution >= 0.6 is 0 Å². The fourth-order valence-electron chi connectivity index (χ4n) is 2.32. The van der Waals surface area contributed by atoms with Crippen molar-refractivity contribution in [2.45, 2.75) is 43.9 Å². The van der Waals surface area contributed by atoms with E-state index in [2.05, 4.69) is 5.32 Å². The van der Waals surface area contributed by atoms with Gasteiger partial charge in [-0.25, -0.2) is 0 Å². The van der Waals surface area contributed by atoms with Gasteiger partial charge in [0.15, 0.2) is 0 Å². The van der Waals surface area contributed by atoms with Gasteiger partial charge in [-0.2, -0.15) is 13.2 Å². The molecule has 0 aromatic rings. The van der Waals surface area contributed by atoms with Gasteiger partial charge >= 0.3 is 6.18 Å². The SMILES string of the molecule is FC(F)(F)C1C[C@H]2CC[C@@H](C1)N2. The minimum Gasteiger partial charge on any atom is -0.311 e. The predicted molar refractivity (Wildman–Crippen MR) is 38.7 cm³/mol. The molecule has 2 bridgehead atoms. The molecule has 0 aliphatic carbocycles. The minimum absolute atomic E-state index is 0.135. The molecule has 2 fully saturated rings. The molecule has 1 unspecified atom stereocenters. The fourth-order valence-corrected chi connectivity index (χ4v) is 2.32. The van der Waals surface area contributed by atoms with Crippen LogP contribution in [0.4, 0.5) is 13.2 Å². The van der Waals surface area contributed by atoms with Crippen molar-refractivity contribution in [3.05, 3.63) is 0 Å². The molecule has 70 valence electrons. The number of nitrogens with one attached hydrogen (secondary N) is 1. The van der Waals surface area contributed by atoms with Crippen LogP contribution < -0.4 is 5.32 Å². The Kier molecular flexibility index (Phi) is 1.82. The molecule has 2 aliphatic heterocycles. The molecular formula is C8H12F3N. The zero-order chi connectivity index (χ0) is 8.77. The van der Waals surface area contributed by atoms with Gasteiger partial charge in [0.25, 0.3) is 0 Å². The van der Waals surface area contributed by atoms with Gasteiger partial charge in [0.05, 0.1) is 5.92 Å². The maximum atomic E-state index is 12.3. The average molecular weight is 179 g/mol. The van der Waals surface area contributed by atoms with Crippen molar-refractivity contribution in [1.82, 2.24) is 5.32 Å². The first-order valence-corrected chi connectivity index (χ1v) is 4.38. The molecule has 0 saturated carbocycles. The van der Waals surface area contributed by atoms with Gasteiger partial charge in [-0.3, -0.25) is 0 Å². The second-order valence-corrected chi connectivity index (χ2v) is 3.85. The summed E-state index contributed by atoms with van der Waals surface area (Å²) in [6.07, 6.45) is -1.53. The van der Waals surface area contributed by atoms with E-state index in [0.717, 1.165) is 12.8 Å². The molecule has 0 aromatic heterocycles. The topological polar surface area (TPSA) is 12.0 Å². The van der Waals surface area contributed by atoms with Crippen LogP contribution in [0.2, 0.25) is 0 Å². The largest absolute Gasteiger partial charge is 0.391 e. The van der Waals surface area contributed by atoms with Crippen LogP contribution in [0.3, 0.4) is 0 Å². The second-order valence-electron chi connectivity index (χ2n) is 3.85. The number of halogens is 3. The molecule has 3 atom stereocenters. The number of piperidine rings is 1. The van der Waals surface area contributed by atoms with Gasteiger partial charge in [-0.05, 0) is 25.7 Å². The van der Waals surface area contributed by atoms with Crippen molar-refractivity contribution in [3.63, 3.8) is 0 Å². The summed E-state index contributed by atoms with van der Waals surface area (Å²) < 4.78 is 36.9. The van der Waals surface area contributed by atoms with E-state index in [9.17, 15) is 13.2 Å². The summed E-state index contributed by atoms with van der Waals surface area (Å²) in [5.74, 6) is -1.05. The van der Waals surface area contributed by atoms with Crippen LogP contribution in [0.1, 0.15) is 25.7 Å². The van der Waals surface area contributed by atoms with Crippen LogP contribution in [-0.4, -0.2) is 18.3 Å². The van der Waals surface area contributed by atoms with E-state index in [1.807, 2.05) is 0 Å². The second kappa shape index (κ2) is 2.62. The third kappa shape index (κ3) is 1.44. The van der Waals surface area contributed by atoms with E-state index in [4.69, 9.17) is 0 Å². The number of hydrogen-bond acceptors (Lipinski definition) is 1. The molecular weight excluding hydrogens is 167 g/mol. The van der Waals surface area contributed by atoms with E-state index < -0.39 is 12.1 Å². The zero-order valence-corrected chi connectivity index (χ0v) is 6.69. The first kappa shape index (κ1) is 8.35. The van der Waals surface area contributed by atoms with E-state index in [0.29, 0.717) is 12.8 Å². The van der Waals surface area contributed by atoms with E-state index in [1.165, 1.54) is 0 Å². The maximum Gasteiger partial charge on any atom is 0.391 e. The van der Waals surface area contributed by atoms with Crippen molar-refractivity contribution in [2.24, 2.45) is 5.92 Å². The van der Waals surface area contributed by atoms with E-state index in [-0.39, 0.29) is 12.1 Å². The van der Waals surface area contributed by atoms with Gasteiger partial charge in [0.1, 0.15) is 0 Å². The Morgan fingerprint density at radius 2 is 1.50 bits per heavy atom. The third-order valence-corrected chi connectivity index (χ3v) is 2.94.